The van der Waals surface area contributed by atoms with Crippen LogP contribution in [0.1, 0.15) is 54.4 Å². The largest absolute Gasteiger partial charge is 0.391 e. The molecule has 0 fully saturated rings. The number of hydrogen-bond donors (Lipinski definition) is 3. The van der Waals surface area contributed by atoms with E-state index in [1.165, 1.54) is 0 Å². The molecule has 0 heterocycles. The van der Waals surface area contributed by atoms with Gasteiger partial charge in [0.2, 0.25) is 0 Å². The van der Waals surface area contributed by atoms with Crippen LogP contribution < -0.4 is 3.53 Å². The predicted octanol–water partition coefficient (Wildman–Crippen LogP) is 2.86. The van der Waals surface area contributed by atoms with E-state index in [0.717, 1.165) is 6.42 Å². The van der Waals surface area contributed by atoms with Gasteiger partial charge < -0.3 is 14.9 Å². The van der Waals surface area contributed by atoms with Crippen molar-refractivity contribution in [2.75, 3.05) is 6.61 Å². The number of aliphatic hydroxyl groups is 2. The summed E-state index contributed by atoms with van der Waals surface area (Å²) in [5, 5.41) is 19.2. The van der Waals surface area contributed by atoms with Crippen molar-refractivity contribution in [3.8, 4) is 0 Å². The third kappa shape index (κ3) is 10.0. The third-order valence-corrected chi connectivity index (χ3v) is 3.59. The summed E-state index contributed by atoms with van der Waals surface area (Å²) in [5.74, 6) is 0. The number of ether oxygens (including phenoxy) is 1. The third-order valence-electron chi connectivity index (χ3n) is 2.87. The maximum atomic E-state index is 9.84. The zero-order valence-corrected chi connectivity index (χ0v) is 15.2. The smallest absolute Gasteiger partial charge is 0.115 e. The molecule has 3 unspecified atom stereocenters. The second kappa shape index (κ2) is 8.12. The Kier molecular flexibility index (Phi) is 8.36. The van der Waals surface area contributed by atoms with Crippen LogP contribution in [0.15, 0.2) is 0 Å². The Balaban J connectivity index is 4.35. The number of nitrogens with one attached hydrogen (secondary N) is 1. The average molecular weight is 387 g/mol. The molecule has 0 saturated carbocycles. The monoisotopic (exact) mass is 387 g/mol. The van der Waals surface area contributed by atoms with Crippen molar-refractivity contribution in [3.63, 3.8) is 0 Å². The fraction of sp³-hybridized carbons (Fsp3) is 1.00. The summed E-state index contributed by atoms with van der Waals surface area (Å²) in [6.07, 6.45) is -0.0464. The Bertz CT molecular complexity index is 248. The molecule has 0 saturated heterocycles. The average Bonchev–Trinajstić information content (AvgIpc) is 2.20. The van der Waals surface area contributed by atoms with Crippen LogP contribution in [0.3, 0.4) is 0 Å². The van der Waals surface area contributed by atoms with Gasteiger partial charge in [0.1, 0.15) is 6.23 Å². The van der Waals surface area contributed by atoms with E-state index in [0.29, 0.717) is 0 Å². The van der Waals surface area contributed by atoms with E-state index in [2.05, 4.69) is 45.1 Å². The minimum atomic E-state index is -0.699. The van der Waals surface area contributed by atoms with E-state index in [4.69, 9.17) is 4.74 Å². The fourth-order valence-corrected chi connectivity index (χ4v) is 2.02. The number of halogens is 1. The lowest BCUT2D eigenvalue weighted by Gasteiger charge is -2.36. The molecular formula is C14H30INO3. The van der Waals surface area contributed by atoms with Crippen molar-refractivity contribution in [2.24, 2.45) is 10.8 Å². The summed E-state index contributed by atoms with van der Waals surface area (Å²) in [6, 6.07) is 0. The van der Waals surface area contributed by atoms with E-state index >= 15 is 0 Å². The van der Waals surface area contributed by atoms with Crippen LogP contribution in [0.5, 0.6) is 0 Å². The van der Waals surface area contributed by atoms with Gasteiger partial charge in [-0.1, -0.05) is 41.5 Å². The first-order valence-corrected chi connectivity index (χ1v) is 7.87. The lowest BCUT2D eigenvalue weighted by molar-refractivity contribution is -0.0790. The van der Waals surface area contributed by atoms with Crippen molar-refractivity contribution in [1.29, 1.82) is 0 Å². The van der Waals surface area contributed by atoms with Crippen LogP contribution in [0.25, 0.3) is 0 Å². The second-order valence-corrected chi connectivity index (χ2v) is 8.09. The second-order valence-electron chi connectivity index (χ2n) is 7.47. The summed E-state index contributed by atoms with van der Waals surface area (Å²) >= 11 is 1.87. The van der Waals surface area contributed by atoms with Crippen molar-refractivity contribution < 1.29 is 14.9 Å². The van der Waals surface area contributed by atoms with E-state index < -0.39 is 12.3 Å². The maximum Gasteiger partial charge on any atom is 0.115 e. The Hall–Kier alpha value is 0.570. The minimum absolute atomic E-state index is 0.0349. The fourth-order valence-electron chi connectivity index (χ4n) is 1.77. The molecule has 0 aromatic heterocycles. The zero-order valence-electron chi connectivity index (χ0n) is 13.0. The first-order chi connectivity index (χ1) is 8.45. The summed E-state index contributed by atoms with van der Waals surface area (Å²) < 4.78 is 8.56. The summed E-state index contributed by atoms with van der Waals surface area (Å²) in [4.78, 5) is 0. The van der Waals surface area contributed by atoms with E-state index in [1.807, 2.05) is 22.9 Å². The molecule has 0 aliphatic rings. The molecule has 0 amide bonds. The van der Waals surface area contributed by atoms with Gasteiger partial charge in [0.15, 0.2) is 0 Å². The molecule has 0 spiro atoms. The van der Waals surface area contributed by atoms with Gasteiger partial charge in [0.05, 0.1) is 18.8 Å². The quantitative estimate of drug-likeness (QED) is 0.357. The zero-order chi connectivity index (χ0) is 15.3. The van der Waals surface area contributed by atoms with Crippen molar-refractivity contribution in [3.05, 3.63) is 0 Å². The molecule has 0 aliphatic heterocycles. The van der Waals surface area contributed by atoms with Gasteiger partial charge >= 0.3 is 0 Å². The van der Waals surface area contributed by atoms with Gasteiger partial charge in [0, 0.05) is 29.3 Å². The Morgan fingerprint density at radius 3 is 2.00 bits per heavy atom. The topological polar surface area (TPSA) is 61.7 Å². The molecule has 0 aromatic rings. The molecule has 0 bridgehead atoms. The van der Waals surface area contributed by atoms with E-state index in [1.54, 1.807) is 0 Å². The molecule has 0 rings (SSSR count). The molecule has 116 valence electrons. The molecule has 4 nitrogen and oxygen atoms in total. The van der Waals surface area contributed by atoms with Crippen molar-refractivity contribution in [2.45, 2.75) is 72.8 Å². The summed E-state index contributed by atoms with van der Waals surface area (Å²) in [7, 11) is 0. The van der Waals surface area contributed by atoms with Crippen LogP contribution in [-0.2, 0) is 4.74 Å². The summed E-state index contributed by atoms with van der Waals surface area (Å²) in [5.41, 5.74) is 0.222. The van der Waals surface area contributed by atoms with Crippen LogP contribution in [-0.4, -0.2) is 35.3 Å². The molecular weight excluding hydrogens is 357 g/mol. The maximum absolute atomic E-state index is 9.84. The Labute approximate surface area is 131 Å². The van der Waals surface area contributed by atoms with Gasteiger partial charge in [-0.3, -0.25) is 0 Å². The first kappa shape index (κ1) is 19.6. The normalized spacial score (nSPS) is 18.2. The molecule has 3 N–H and O–H groups in total. The SMILES string of the molecule is CC(C)(C)CC(OCC(O)CC(O)NI)C(C)(C)C. The van der Waals surface area contributed by atoms with Crippen molar-refractivity contribution in [1.82, 2.24) is 3.53 Å². The predicted molar refractivity (Wildman–Crippen MR) is 87.1 cm³/mol. The lowest BCUT2D eigenvalue weighted by Crippen LogP contribution is -2.36. The van der Waals surface area contributed by atoms with Gasteiger partial charge in [-0.15, -0.1) is 0 Å². The minimum Gasteiger partial charge on any atom is -0.391 e. The first-order valence-electron chi connectivity index (χ1n) is 6.79. The standard InChI is InChI=1S/C14H30INO3/c1-13(2,3)8-11(14(4,5)6)19-9-10(17)7-12(18)16-15/h10-12,16-18H,7-9H2,1-6H3. The van der Waals surface area contributed by atoms with E-state index in [9.17, 15) is 10.2 Å². The van der Waals surface area contributed by atoms with Gasteiger partial charge in [-0.25, -0.2) is 3.53 Å². The Morgan fingerprint density at radius 1 is 1.11 bits per heavy atom. The van der Waals surface area contributed by atoms with E-state index in [-0.39, 0.29) is 30.0 Å². The molecule has 0 radical (unpaired) electrons. The highest BCUT2D eigenvalue weighted by atomic mass is 127. The molecule has 3 atom stereocenters. The molecule has 19 heavy (non-hydrogen) atoms. The molecule has 0 aromatic carbocycles. The lowest BCUT2D eigenvalue weighted by atomic mass is 9.78. The Morgan fingerprint density at radius 2 is 1.63 bits per heavy atom. The van der Waals surface area contributed by atoms with Crippen molar-refractivity contribution >= 4 is 22.9 Å². The molecule has 0 aliphatic carbocycles. The molecule has 5 heteroatoms. The number of aliphatic hydroxyl groups excluding tert-OH is 2. The number of hydrogen-bond acceptors (Lipinski definition) is 4. The van der Waals surface area contributed by atoms with Gasteiger partial charge in [-0.2, -0.15) is 0 Å². The summed E-state index contributed by atoms with van der Waals surface area (Å²) in [6.45, 7) is 13.3. The highest BCUT2D eigenvalue weighted by molar-refractivity contribution is 14.1. The van der Waals surface area contributed by atoms with Gasteiger partial charge in [-0.05, 0) is 17.3 Å². The highest BCUT2D eigenvalue weighted by Crippen LogP contribution is 2.32. The van der Waals surface area contributed by atoms with Gasteiger partial charge in [0.25, 0.3) is 0 Å². The van der Waals surface area contributed by atoms with Crippen LogP contribution >= 0.6 is 22.9 Å². The van der Waals surface area contributed by atoms with Crippen LogP contribution in [0.4, 0.5) is 0 Å². The van der Waals surface area contributed by atoms with Crippen LogP contribution in [0.2, 0.25) is 0 Å². The highest BCUT2D eigenvalue weighted by Gasteiger charge is 2.30. The number of rotatable bonds is 7. The van der Waals surface area contributed by atoms with Crippen LogP contribution in [0, 0.1) is 10.8 Å².